The molecule has 0 aliphatic carbocycles. The smallest absolute Gasteiger partial charge is 0.246 e. The topological polar surface area (TPSA) is 89.5 Å². The van der Waals surface area contributed by atoms with Gasteiger partial charge in [-0.15, -0.1) is 0 Å². The Morgan fingerprint density at radius 1 is 1.44 bits per heavy atom. The second-order valence-corrected chi connectivity index (χ2v) is 3.11. The van der Waals surface area contributed by atoms with Crippen molar-refractivity contribution in [1.29, 1.82) is 0 Å². The Bertz CT molecular complexity index is 329. The number of hydrogen-bond acceptors (Lipinski definition) is 4. The van der Waals surface area contributed by atoms with E-state index in [4.69, 9.17) is 10.2 Å². The van der Waals surface area contributed by atoms with E-state index in [-0.39, 0.29) is 32.2 Å². The van der Waals surface area contributed by atoms with Gasteiger partial charge in [-0.3, -0.25) is 4.79 Å². The molecule has 0 saturated heterocycles. The first kappa shape index (κ1) is 12.4. The van der Waals surface area contributed by atoms with E-state index in [0.717, 1.165) is 5.69 Å². The lowest BCUT2D eigenvalue weighted by Gasteiger charge is -2.18. The van der Waals surface area contributed by atoms with Crippen LogP contribution < -0.4 is 0 Å². The molecule has 0 saturated carbocycles. The van der Waals surface area contributed by atoms with Gasteiger partial charge in [0.25, 0.3) is 0 Å². The van der Waals surface area contributed by atoms with E-state index in [2.05, 4.69) is 9.97 Å². The summed E-state index contributed by atoms with van der Waals surface area (Å²) in [5.74, 6) is -0.252. The Morgan fingerprint density at radius 3 is 2.62 bits per heavy atom. The lowest BCUT2D eigenvalue weighted by atomic mass is 10.3. The number of aromatic nitrogens is 2. The zero-order chi connectivity index (χ0) is 11.8. The molecule has 0 aromatic carbocycles. The van der Waals surface area contributed by atoms with Crippen molar-refractivity contribution in [3.8, 4) is 0 Å². The number of nitrogens with one attached hydrogen (secondary N) is 1. The molecule has 0 fully saturated rings. The summed E-state index contributed by atoms with van der Waals surface area (Å²) in [6, 6.07) is 0. The van der Waals surface area contributed by atoms with Gasteiger partial charge in [0.05, 0.1) is 31.4 Å². The van der Waals surface area contributed by atoms with E-state index in [1.807, 2.05) is 0 Å². The third-order valence-electron chi connectivity index (χ3n) is 1.98. The molecule has 1 aromatic rings. The molecule has 0 spiro atoms. The second-order valence-electron chi connectivity index (χ2n) is 3.11. The van der Waals surface area contributed by atoms with E-state index in [1.165, 1.54) is 17.3 Å². The molecule has 0 radical (unpaired) electrons. The largest absolute Gasteiger partial charge is 0.395 e. The molecule has 1 aromatic heterocycles. The van der Waals surface area contributed by atoms with Gasteiger partial charge in [-0.05, 0) is 6.08 Å². The highest BCUT2D eigenvalue weighted by Gasteiger charge is 2.08. The van der Waals surface area contributed by atoms with Gasteiger partial charge in [0.2, 0.25) is 5.91 Å². The molecule has 6 heteroatoms. The normalized spacial score (nSPS) is 10.9. The van der Waals surface area contributed by atoms with Gasteiger partial charge in [-0.2, -0.15) is 0 Å². The molecule has 3 N–H and O–H groups in total. The van der Waals surface area contributed by atoms with Gasteiger partial charge in [-0.25, -0.2) is 4.98 Å². The van der Waals surface area contributed by atoms with Crippen molar-refractivity contribution in [2.75, 3.05) is 26.3 Å². The minimum atomic E-state index is -0.252. The molecule has 0 aliphatic rings. The predicted octanol–water partition coefficient (Wildman–Crippen LogP) is -0.764. The monoisotopic (exact) mass is 225 g/mol. The number of carbonyl (C=O) groups is 1. The van der Waals surface area contributed by atoms with Crippen LogP contribution >= 0.6 is 0 Å². The summed E-state index contributed by atoms with van der Waals surface area (Å²) in [6.07, 6.45) is 6.07. The lowest BCUT2D eigenvalue weighted by Crippen LogP contribution is -2.34. The Hall–Kier alpha value is -1.66. The van der Waals surface area contributed by atoms with E-state index >= 15 is 0 Å². The van der Waals surface area contributed by atoms with Crippen molar-refractivity contribution in [1.82, 2.24) is 14.9 Å². The molecule has 0 bridgehead atoms. The van der Waals surface area contributed by atoms with Crippen molar-refractivity contribution >= 4 is 12.0 Å². The summed E-state index contributed by atoms with van der Waals surface area (Å²) in [7, 11) is 0. The summed E-state index contributed by atoms with van der Waals surface area (Å²) in [6.45, 7) is 0.187. The van der Waals surface area contributed by atoms with Gasteiger partial charge in [0, 0.05) is 19.2 Å². The average molecular weight is 225 g/mol. The second kappa shape index (κ2) is 6.76. The fourth-order valence-corrected chi connectivity index (χ4v) is 1.20. The molecular formula is C10H15N3O3. The fraction of sp³-hybridized carbons (Fsp3) is 0.400. The lowest BCUT2D eigenvalue weighted by molar-refractivity contribution is -0.126. The van der Waals surface area contributed by atoms with Crippen LogP contribution in [0.15, 0.2) is 18.6 Å². The van der Waals surface area contributed by atoms with Crippen LogP contribution in [-0.2, 0) is 4.79 Å². The van der Waals surface area contributed by atoms with E-state index in [9.17, 15) is 4.79 Å². The van der Waals surface area contributed by atoms with Gasteiger partial charge in [0.15, 0.2) is 0 Å². The van der Waals surface area contributed by atoms with Crippen molar-refractivity contribution in [3.63, 3.8) is 0 Å². The van der Waals surface area contributed by atoms with Gasteiger partial charge >= 0.3 is 0 Å². The van der Waals surface area contributed by atoms with Crippen LogP contribution in [0, 0.1) is 0 Å². The molecule has 1 amide bonds. The molecule has 6 nitrogen and oxygen atoms in total. The summed E-state index contributed by atoms with van der Waals surface area (Å²) in [5, 5.41) is 17.5. The number of H-pyrrole nitrogens is 1. The van der Waals surface area contributed by atoms with Crippen LogP contribution in [0.3, 0.4) is 0 Å². The number of amides is 1. The molecular weight excluding hydrogens is 210 g/mol. The minimum Gasteiger partial charge on any atom is -0.395 e. The Kier molecular flexibility index (Phi) is 5.24. The molecule has 0 aliphatic heterocycles. The van der Waals surface area contributed by atoms with E-state index in [1.54, 1.807) is 12.3 Å². The van der Waals surface area contributed by atoms with Gasteiger partial charge < -0.3 is 20.1 Å². The standard InChI is InChI=1S/C10H15N3O3/c14-5-3-13(4-6-15)10(16)2-1-9-7-11-8-12-9/h1-2,7-8,14-15H,3-6H2,(H,11,12). The van der Waals surface area contributed by atoms with Crippen LogP contribution in [0.2, 0.25) is 0 Å². The van der Waals surface area contributed by atoms with Gasteiger partial charge in [0.1, 0.15) is 0 Å². The van der Waals surface area contributed by atoms with Crippen LogP contribution in [0.4, 0.5) is 0 Å². The third kappa shape index (κ3) is 3.84. The molecule has 1 heterocycles. The van der Waals surface area contributed by atoms with E-state index in [0.29, 0.717) is 0 Å². The van der Waals surface area contributed by atoms with Gasteiger partial charge in [-0.1, -0.05) is 0 Å². The van der Waals surface area contributed by atoms with Crippen molar-refractivity contribution in [2.45, 2.75) is 0 Å². The molecule has 16 heavy (non-hydrogen) atoms. The van der Waals surface area contributed by atoms with Crippen LogP contribution in [0.25, 0.3) is 6.08 Å². The first-order chi connectivity index (χ1) is 7.77. The highest BCUT2D eigenvalue weighted by atomic mass is 16.3. The first-order valence-electron chi connectivity index (χ1n) is 4.95. The number of aliphatic hydroxyl groups excluding tert-OH is 2. The maximum atomic E-state index is 11.6. The average Bonchev–Trinajstić information content (AvgIpc) is 2.78. The Labute approximate surface area is 93.2 Å². The number of nitrogens with zero attached hydrogens (tertiary/aromatic N) is 2. The number of aromatic amines is 1. The first-order valence-corrected chi connectivity index (χ1v) is 4.95. The van der Waals surface area contributed by atoms with Crippen molar-refractivity contribution in [2.24, 2.45) is 0 Å². The maximum absolute atomic E-state index is 11.6. The van der Waals surface area contributed by atoms with Crippen LogP contribution in [0.1, 0.15) is 5.69 Å². The summed E-state index contributed by atoms with van der Waals surface area (Å²) < 4.78 is 0. The molecule has 0 atom stereocenters. The maximum Gasteiger partial charge on any atom is 0.246 e. The number of aliphatic hydroxyl groups is 2. The molecule has 1 rings (SSSR count). The van der Waals surface area contributed by atoms with Crippen molar-refractivity contribution in [3.05, 3.63) is 24.3 Å². The summed E-state index contributed by atoms with van der Waals surface area (Å²) in [4.78, 5) is 19.6. The Morgan fingerprint density at radius 2 is 2.12 bits per heavy atom. The molecule has 0 unspecified atom stereocenters. The minimum absolute atomic E-state index is 0.121. The van der Waals surface area contributed by atoms with Crippen LogP contribution in [0.5, 0.6) is 0 Å². The number of imidazole rings is 1. The van der Waals surface area contributed by atoms with E-state index < -0.39 is 0 Å². The Balaban J connectivity index is 2.54. The highest BCUT2D eigenvalue weighted by molar-refractivity contribution is 5.91. The summed E-state index contributed by atoms with van der Waals surface area (Å²) in [5.41, 5.74) is 0.723. The number of hydrogen-bond donors (Lipinski definition) is 3. The zero-order valence-electron chi connectivity index (χ0n) is 8.83. The third-order valence-corrected chi connectivity index (χ3v) is 1.98. The SMILES string of the molecule is O=C(C=Cc1cnc[nH]1)N(CCO)CCO. The fourth-order valence-electron chi connectivity index (χ4n) is 1.20. The number of carbonyl (C=O) groups excluding carboxylic acids is 1. The zero-order valence-corrected chi connectivity index (χ0v) is 8.83. The quantitative estimate of drug-likeness (QED) is 0.555. The summed E-state index contributed by atoms with van der Waals surface area (Å²) >= 11 is 0. The number of rotatable bonds is 6. The predicted molar refractivity (Wildman–Crippen MR) is 58.4 cm³/mol. The van der Waals surface area contributed by atoms with Crippen LogP contribution in [-0.4, -0.2) is 57.3 Å². The van der Waals surface area contributed by atoms with Crippen molar-refractivity contribution < 1.29 is 15.0 Å². The highest BCUT2D eigenvalue weighted by Crippen LogP contribution is 1.97. The molecule has 88 valence electrons.